The lowest BCUT2D eigenvalue weighted by Crippen LogP contribution is -2.60. The van der Waals surface area contributed by atoms with E-state index < -0.39 is 36.7 Å². The minimum Gasteiger partial charge on any atom is -0.454 e. The molecule has 31 heavy (non-hydrogen) atoms. The highest BCUT2D eigenvalue weighted by molar-refractivity contribution is 5.82. The quantitative estimate of drug-likeness (QED) is 0.446. The highest BCUT2D eigenvalue weighted by Gasteiger charge is 2.48. The number of carbonyl (C=O) groups excluding carboxylic acids is 1. The van der Waals surface area contributed by atoms with E-state index >= 15 is 0 Å². The zero-order chi connectivity index (χ0) is 22.1. The zero-order valence-electron chi connectivity index (χ0n) is 18.2. The van der Waals surface area contributed by atoms with Crippen LogP contribution in [0.3, 0.4) is 0 Å². The molecular formula is C25H30O6. The maximum absolute atomic E-state index is 12.2. The first-order chi connectivity index (χ1) is 15.1. The molecule has 2 aromatic carbocycles. The first-order valence-corrected chi connectivity index (χ1v) is 10.4. The van der Waals surface area contributed by atoms with Gasteiger partial charge in [-0.3, -0.25) is 0 Å². The van der Waals surface area contributed by atoms with Crippen LogP contribution in [-0.4, -0.2) is 43.8 Å². The van der Waals surface area contributed by atoms with Crippen molar-refractivity contribution >= 4 is 5.97 Å². The molecule has 5 atom stereocenters. The van der Waals surface area contributed by atoms with E-state index in [0.717, 1.165) is 11.1 Å². The normalized spacial score (nSPS) is 26.1. The molecule has 1 fully saturated rings. The highest BCUT2D eigenvalue weighted by atomic mass is 16.7. The van der Waals surface area contributed by atoms with Gasteiger partial charge in [0, 0.05) is 13.2 Å². The predicted molar refractivity (Wildman–Crippen MR) is 116 cm³/mol. The summed E-state index contributed by atoms with van der Waals surface area (Å²) in [7, 11) is 1.57. The fourth-order valence-electron chi connectivity index (χ4n) is 3.53. The van der Waals surface area contributed by atoms with E-state index in [9.17, 15) is 4.79 Å². The Kier molecular flexibility index (Phi) is 8.79. The lowest BCUT2D eigenvalue weighted by atomic mass is 9.98. The van der Waals surface area contributed by atoms with Gasteiger partial charge in [0.25, 0.3) is 0 Å². The Balaban J connectivity index is 1.82. The monoisotopic (exact) mass is 426 g/mol. The number of hydrogen-bond acceptors (Lipinski definition) is 6. The Hall–Kier alpha value is -2.51. The molecule has 6 heteroatoms. The molecule has 0 aliphatic carbocycles. The summed E-state index contributed by atoms with van der Waals surface area (Å²) in [4.78, 5) is 12.2. The SMILES string of the molecule is C/C=C/C(=O)O[C@H]1[C@H](OCc2ccccc2)[C@@H](OCc2ccccc2)[C@@H](OC)O[C@@H]1C. The van der Waals surface area contributed by atoms with Gasteiger partial charge >= 0.3 is 5.97 Å². The Morgan fingerprint density at radius 1 is 0.903 bits per heavy atom. The summed E-state index contributed by atoms with van der Waals surface area (Å²) in [5, 5.41) is 0. The fourth-order valence-corrected chi connectivity index (χ4v) is 3.53. The summed E-state index contributed by atoms with van der Waals surface area (Å²) < 4.78 is 29.7. The van der Waals surface area contributed by atoms with E-state index in [1.54, 1.807) is 20.1 Å². The first kappa shape index (κ1) is 23.2. The third-order valence-corrected chi connectivity index (χ3v) is 5.09. The van der Waals surface area contributed by atoms with Crippen LogP contribution in [0.2, 0.25) is 0 Å². The van der Waals surface area contributed by atoms with E-state index in [2.05, 4.69) is 0 Å². The van der Waals surface area contributed by atoms with E-state index in [1.165, 1.54) is 6.08 Å². The Bertz CT molecular complexity index is 822. The summed E-state index contributed by atoms with van der Waals surface area (Å²) in [5.41, 5.74) is 2.02. The predicted octanol–water partition coefficient (Wildman–Crippen LogP) is 4.04. The molecule has 0 N–H and O–H groups in total. The molecule has 0 radical (unpaired) electrons. The van der Waals surface area contributed by atoms with Gasteiger partial charge in [-0.1, -0.05) is 66.7 Å². The average molecular weight is 427 g/mol. The van der Waals surface area contributed by atoms with Gasteiger partial charge in [-0.05, 0) is 25.0 Å². The molecule has 1 aliphatic heterocycles. The lowest BCUT2D eigenvalue weighted by molar-refractivity contribution is -0.308. The molecule has 1 heterocycles. The van der Waals surface area contributed by atoms with Crippen molar-refractivity contribution in [1.29, 1.82) is 0 Å². The third-order valence-electron chi connectivity index (χ3n) is 5.09. The van der Waals surface area contributed by atoms with E-state index in [-0.39, 0.29) is 0 Å². The topological polar surface area (TPSA) is 63.2 Å². The Morgan fingerprint density at radius 2 is 1.45 bits per heavy atom. The number of ether oxygens (including phenoxy) is 5. The van der Waals surface area contributed by atoms with Crippen LogP contribution in [0.25, 0.3) is 0 Å². The van der Waals surface area contributed by atoms with Gasteiger partial charge in [0.15, 0.2) is 12.4 Å². The lowest BCUT2D eigenvalue weighted by Gasteiger charge is -2.44. The molecule has 0 unspecified atom stereocenters. The number of carbonyl (C=O) groups is 1. The van der Waals surface area contributed by atoms with Crippen LogP contribution in [0.15, 0.2) is 72.8 Å². The minimum atomic E-state index is -0.656. The van der Waals surface area contributed by atoms with E-state index in [0.29, 0.717) is 13.2 Å². The smallest absolute Gasteiger partial charge is 0.330 e. The fraction of sp³-hybridized carbons (Fsp3) is 0.400. The maximum atomic E-state index is 12.2. The standard InChI is InChI=1S/C25H30O6/c1-4-11-21(26)31-22-18(2)30-25(27-3)24(29-17-20-14-9-6-10-15-20)23(22)28-16-19-12-7-5-8-13-19/h4-15,18,22-25H,16-17H2,1-3H3/b11-4+/t18-,22-,23+,24-,25+/m1/s1. The van der Waals surface area contributed by atoms with Crippen LogP contribution >= 0.6 is 0 Å². The zero-order valence-corrected chi connectivity index (χ0v) is 18.2. The largest absolute Gasteiger partial charge is 0.454 e. The van der Waals surface area contributed by atoms with E-state index in [1.807, 2.05) is 67.6 Å². The Labute approximate surface area is 183 Å². The van der Waals surface area contributed by atoms with Crippen LogP contribution in [0.4, 0.5) is 0 Å². The van der Waals surface area contributed by atoms with Crippen LogP contribution in [0.5, 0.6) is 0 Å². The maximum Gasteiger partial charge on any atom is 0.330 e. The number of rotatable bonds is 9. The number of hydrogen-bond donors (Lipinski definition) is 0. The molecule has 0 amide bonds. The number of esters is 1. The van der Waals surface area contributed by atoms with Crippen LogP contribution in [0.1, 0.15) is 25.0 Å². The molecular weight excluding hydrogens is 396 g/mol. The van der Waals surface area contributed by atoms with Crippen molar-refractivity contribution in [1.82, 2.24) is 0 Å². The van der Waals surface area contributed by atoms with Crippen LogP contribution in [-0.2, 0) is 41.7 Å². The van der Waals surface area contributed by atoms with Crippen molar-refractivity contribution in [2.45, 2.75) is 57.8 Å². The highest BCUT2D eigenvalue weighted by Crippen LogP contribution is 2.30. The van der Waals surface area contributed by atoms with Crippen molar-refractivity contribution in [3.05, 3.63) is 83.9 Å². The second kappa shape index (κ2) is 11.8. The molecule has 166 valence electrons. The molecule has 0 bridgehead atoms. The number of allylic oxidation sites excluding steroid dienone is 1. The number of methoxy groups -OCH3 is 1. The number of benzene rings is 2. The van der Waals surface area contributed by atoms with Crippen molar-refractivity contribution in [2.75, 3.05) is 7.11 Å². The van der Waals surface area contributed by atoms with Gasteiger partial charge < -0.3 is 23.7 Å². The summed E-state index contributed by atoms with van der Waals surface area (Å²) >= 11 is 0. The molecule has 0 aromatic heterocycles. The molecule has 0 saturated carbocycles. The average Bonchev–Trinajstić information content (AvgIpc) is 2.79. The second-order valence-corrected chi connectivity index (χ2v) is 7.37. The molecule has 3 rings (SSSR count). The minimum absolute atomic E-state index is 0.345. The van der Waals surface area contributed by atoms with Gasteiger partial charge in [-0.2, -0.15) is 0 Å². The molecule has 1 aliphatic rings. The van der Waals surface area contributed by atoms with Gasteiger partial charge in [-0.15, -0.1) is 0 Å². The molecule has 6 nitrogen and oxygen atoms in total. The Morgan fingerprint density at radius 3 is 1.97 bits per heavy atom. The third kappa shape index (κ3) is 6.48. The molecule has 2 aromatic rings. The molecule has 1 saturated heterocycles. The van der Waals surface area contributed by atoms with Crippen LogP contribution < -0.4 is 0 Å². The van der Waals surface area contributed by atoms with Gasteiger partial charge in [0.1, 0.15) is 12.2 Å². The van der Waals surface area contributed by atoms with Crippen molar-refractivity contribution in [2.24, 2.45) is 0 Å². The van der Waals surface area contributed by atoms with Crippen molar-refractivity contribution in [3.63, 3.8) is 0 Å². The summed E-state index contributed by atoms with van der Waals surface area (Å²) in [6.45, 7) is 4.30. The van der Waals surface area contributed by atoms with Crippen molar-refractivity contribution in [3.8, 4) is 0 Å². The second-order valence-electron chi connectivity index (χ2n) is 7.37. The van der Waals surface area contributed by atoms with Gasteiger partial charge in [-0.25, -0.2) is 4.79 Å². The van der Waals surface area contributed by atoms with Crippen molar-refractivity contribution < 1.29 is 28.5 Å². The first-order valence-electron chi connectivity index (χ1n) is 10.4. The van der Waals surface area contributed by atoms with Crippen LogP contribution in [0, 0.1) is 0 Å². The summed E-state index contributed by atoms with van der Waals surface area (Å²) in [6.07, 6.45) is 0.105. The van der Waals surface area contributed by atoms with Gasteiger partial charge in [0.2, 0.25) is 0 Å². The van der Waals surface area contributed by atoms with E-state index in [4.69, 9.17) is 23.7 Å². The van der Waals surface area contributed by atoms with Gasteiger partial charge in [0.05, 0.1) is 19.3 Å². The molecule has 0 spiro atoms. The summed E-state index contributed by atoms with van der Waals surface area (Å²) in [6, 6.07) is 19.7. The summed E-state index contributed by atoms with van der Waals surface area (Å²) in [5.74, 6) is -0.450.